The van der Waals surface area contributed by atoms with E-state index in [2.05, 4.69) is 16.8 Å². The number of carbonyl (C=O) groups excluding carboxylic acids is 2. The summed E-state index contributed by atoms with van der Waals surface area (Å²) in [5.41, 5.74) is 0. The smallest absolute Gasteiger partial charge is 0.790 e. The molecule has 1 N–H and O–H groups in total. The molecule has 0 aromatic heterocycles. The number of esters is 1. The molecule has 39 heavy (non-hydrogen) atoms. The molecule has 13 heteroatoms. The second kappa shape index (κ2) is 31.9. The van der Waals surface area contributed by atoms with Crippen molar-refractivity contribution in [1.29, 1.82) is 0 Å². The van der Waals surface area contributed by atoms with E-state index in [1.807, 2.05) is 0 Å². The van der Waals surface area contributed by atoms with Crippen LogP contribution < -0.4 is 74.2 Å². The van der Waals surface area contributed by atoms with Gasteiger partial charge in [0.2, 0.25) is 5.91 Å². The Kier molecular flexibility index (Phi) is 36.3. The van der Waals surface area contributed by atoms with E-state index in [0.717, 1.165) is 57.9 Å². The maximum atomic E-state index is 12.1. The van der Waals surface area contributed by atoms with Gasteiger partial charge in [0, 0.05) is 26.5 Å². The minimum Gasteiger partial charge on any atom is -0.790 e. The summed E-state index contributed by atoms with van der Waals surface area (Å²) in [7, 11) is -5.17. The summed E-state index contributed by atoms with van der Waals surface area (Å²) in [6, 6.07) is 0. The fourth-order valence-corrected chi connectivity index (χ4v) is 4.06. The van der Waals surface area contributed by atoms with Crippen molar-refractivity contribution in [2.75, 3.05) is 33.2 Å². The van der Waals surface area contributed by atoms with Crippen LogP contribution in [-0.2, 0) is 32.9 Å². The third kappa shape index (κ3) is 36.9. The molecule has 220 valence electrons. The van der Waals surface area contributed by atoms with Crippen molar-refractivity contribution in [3.63, 3.8) is 0 Å². The normalized spacial score (nSPS) is 11.8. The first kappa shape index (κ1) is 44.4. The number of phosphoric ester groups is 1. The predicted molar refractivity (Wildman–Crippen MR) is 138 cm³/mol. The first-order valence-electron chi connectivity index (χ1n) is 14.0. The average molecular weight is 598 g/mol. The molecule has 0 unspecified atom stereocenters. The van der Waals surface area contributed by atoms with Gasteiger partial charge in [-0.25, -0.2) is 0 Å². The van der Waals surface area contributed by atoms with E-state index in [1.54, 1.807) is 0 Å². The van der Waals surface area contributed by atoms with Crippen LogP contribution in [0.4, 0.5) is 0 Å². The number of carbonyl (C=O) groups is 2. The number of ether oxygens (including phenoxy) is 3. The number of nitrogens with one attached hydrogen (secondary N) is 1. The standard InChI is InChI=1S/C26H52NO9P.2Na/c1-3-4-5-6-9-12-15-18-26(29)36-25(22-35-37(30,31)32)21-34-23-33-20-17-14-11-8-7-10-13-16-19-27-24(2)28;;/h25H,3-23H2,1-2H3,(H,27,28)(H2,30,31,32);;/q;2*+1/p-2/t25-;;/m0../s1. The molecule has 0 fully saturated rings. The van der Waals surface area contributed by atoms with Gasteiger partial charge in [0.25, 0.3) is 0 Å². The Bertz CT molecular complexity index is 612. The molecule has 0 spiro atoms. The van der Waals surface area contributed by atoms with Crippen molar-refractivity contribution in [2.24, 2.45) is 0 Å². The van der Waals surface area contributed by atoms with Gasteiger partial charge in [-0.15, -0.1) is 0 Å². The van der Waals surface area contributed by atoms with Crippen molar-refractivity contribution in [3.05, 3.63) is 0 Å². The van der Waals surface area contributed by atoms with E-state index in [4.69, 9.17) is 14.2 Å². The van der Waals surface area contributed by atoms with Crippen LogP contribution in [0.15, 0.2) is 0 Å². The number of amides is 1. The van der Waals surface area contributed by atoms with Crippen LogP contribution in [0.3, 0.4) is 0 Å². The summed E-state index contributed by atoms with van der Waals surface area (Å²) in [6.45, 7) is 4.27. The molecule has 0 saturated heterocycles. The van der Waals surface area contributed by atoms with E-state index in [9.17, 15) is 23.9 Å². The minimum absolute atomic E-state index is 0. The van der Waals surface area contributed by atoms with E-state index in [0.29, 0.717) is 13.0 Å². The van der Waals surface area contributed by atoms with Gasteiger partial charge in [0.15, 0.2) is 0 Å². The first-order chi connectivity index (χ1) is 17.7. The Morgan fingerprint density at radius 1 is 0.769 bits per heavy atom. The summed E-state index contributed by atoms with van der Waals surface area (Å²) in [4.78, 5) is 44.4. The van der Waals surface area contributed by atoms with Gasteiger partial charge < -0.3 is 38.4 Å². The minimum atomic E-state index is -5.17. The molecule has 0 aromatic rings. The number of unbranched alkanes of at least 4 members (excludes halogenated alkanes) is 13. The van der Waals surface area contributed by atoms with Crippen molar-refractivity contribution in [1.82, 2.24) is 5.32 Å². The largest absolute Gasteiger partial charge is 1.00 e. The Labute approximate surface area is 280 Å². The maximum Gasteiger partial charge on any atom is 1.00 e. The van der Waals surface area contributed by atoms with Crippen molar-refractivity contribution in [3.8, 4) is 0 Å². The van der Waals surface area contributed by atoms with Gasteiger partial charge in [0.1, 0.15) is 12.9 Å². The van der Waals surface area contributed by atoms with Crippen LogP contribution in [0, 0.1) is 0 Å². The Balaban J connectivity index is -0.00000648. The number of phosphoric acid groups is 1. The molecule has 1 atom stereocenters. The fraction of sp³-hybridized carbons (Fsp3) is 0.923. The SMILES string of the molecule is CCCCCCCCCC(=O)O[C@@H](COCOCCCCCCCCCCNC(C)=O)COP(=O)([O-])[O-].[Na+].[Na+]. The number of rotatable bonds is 27. The zero-order chi connectivity index (χ0) is 27.6. The van der Waals surface area contributed by atoms with E-state index in [-0.39, 0.29) is 84.8 Å². The maximum absolute atomic E-state index is 12.1. The molecule has 0 rings (SSSR count). The molecular formula is C26H50NNa2O9P. The Morgan fingerprint density at radius 2 is 1.31 bits per heavy atom. The van der Waals surface area contributed by atoms with Gasteiger partial charge in [-0.05, 0) is 19.3 Å². The van der Waals surface area contributed by atoms with Gasteiger partial charge in [-0.2, -0.15) is 0 Å². The quantitative estimate of drug-likeness (QED) is 0.0379. The molecule has 0 heterocycles. The van der Waals surface area contributed by atoms with E-state index in [1.165, 1.54) is 45.4 Å². The average Bonchev–Trinajstić information content (AvgIpc) is 2.83. The molecule has 0 bridgehead atoms. The van der Waals surface area contributed by atoms with E-state index < -0.39 is 26.5 Å². The molecule has 0 radical (unpaired) electrons. The van der Waals surface area contributed by atoms with Crippen LogP contribution in [0.2, 0.25) is 0 Å². The monoisotopic (exact) mass is 597 g/mol. The number of hydrogen-bond donors (Lipinski definition) is 1. The van der Waals surface area contributed by atoms with Gasteiger partial charge in [-0.3, -0.25) is 9.59 Å². The molecule has 0 saturated carbocycles. The fourth-order valence-electron chi connectivity index (χ4n) is 3.71. The molecular weight excluding hydrogens is 547 g/mol. The predicted octanol–water partition coefficient (Wildman–Crippen LogP) is -1.86. The number of hydrogen-bond acceptors (Lipinski definition) is 9. The van der Waals surface area contributed by atoms with Gasteiger partial charge in [0.05, 0.1) is 21.0 Å². The second-order valence-corrected chi connectivity index (χ2v) is 10.6. The molecule has 1 amide bonds. The topological polar surface area (TPSA) is 146 Å². The van der Waals surface area contributed by atoms with Crippen LogP contribution in [0.5, 0.6) is 0 Å². The zero-order valence-electron chi connectivity index (χ0n) is 25.0. The third-order valence-electron chi connectivity index (χ3n) is 5.76. The summed E-state index contributed by atoms with van der Waals surface area (Å²) in [6.07, 6.45) is 15.5. The zero-order valence-corrected chi connectivity index (χ0v) is 29.9. The van der Waals surface area contributed by atoms with Crippen molar-refractivity contribution >= 4 is 19.7 Å². The van der Waals surface area contributed by atoms with Crippen molar-refractivity contribution in [2.45, 2.75) is 123 Å². The molecule has 0 aromatic carbocycles. The third-order valence-corrected chi connectivity index (χ3v) is 6.23. The molecule has 10 nitrogen and oxygen atoms in total. The summed E-state index contributed by atoms with van der Waals surface area (Å²) in [5.74, 6) is -0.444. The first-order valence-corrected chi connectivity index (χ1v) is 15.5. The summed E-state index contributed by atoms with van der Waals surface area (Å²) in [5, 5.41) is 2.80. The summed E-state index contributed by atoms with van der Waals surface area (Å²) < 4.78 is 31.1. The van der Waals surface area contributed by atoms with Crippen LogP contribution in [-0.4, -0.2) is 51.1 Å². The Hall–Kier alpha value is 0.970. The van der Waals surface area contributed by atoms with Crippen LogP contribution in [0.1, 0.15) is 117 Å². The summed E-state index contributed by atoms with van der Waals surface area (Å²) >= 11 is 0. The van der Waals surface area contributed by atoms with Crippen LogP contribution >= 0.6 is 7.82 Å². The molecule has 0 aliphatic carbocycles. The molecule has 0 aliphatic rings. The molecule has 0 aliphatic heterocycles. The van der Waals surface area contributed by atoms with Gasteiger partial charge >= 0.3 is 65.1 Å². The Morgan fingerprint density at radius 3 is 1.87 bits per heavy atom. The van der Waals surface area contributed by atoms with Gasteiger partial charge in [-0.1, -0.05) is 84.0 Å². The van der Waals surface area contributed by atoms with E-state index >= 15 is 0 Å². The second-order valence-electron chi connectivity index (χ2n) is 9.43. The van der Waals surface area contributed by atoms with Crippen molar-refractivity contribution < 1.29 is 102 Å². The van der Waals surface area contributed by atoms with Crippen LogP contribution in [0.25, 0.3) is 0 Å².